The van der Waals surface area contributed by atoms with E-state index in [-0.39, 0.29) is 29.7 Å². The summed E-state index contributed by atoms with van der Waals surface area (Å²) in [6.07, 6.45) is 1.81. The third kappa shape index (κ3) is 3.28. The number of piperazine rings is 1. The minimum atomic E-state index is -1.08. The Balaban J connectivity index is 1.37. The summed E-state index contributed by atoms with van der Waals surface area (Å²) < 4.78 is 15.0. The van der Waals surface area contributed by atoms with Crippen molar-refractivity contribution in [2.75, 3.05) is 36.0 Å². The maximum atomic E-state index is 15.0. The zero-order chi connectivity index (χ0) is 22.4. The molecule has 9 nitrogen and oxygen atoms in total. The Morgan fingerprint density at radius 2 is 1.62 bits per heavy atom. The minimum Gasteiger partial charge on any atom is -0.366 e. The van der Waals surface area contributed by atoms with Crippen molar-refractivity contribution in [1.82, 2.24) is 15.2 Å². The van der Waals surface area contributed by atoms with E-state index in [0.29, 0.717) is 26.2 Å². The van der Waals surface area contributed by atoms with Gasteiger partial charge in [-0.2, -0.15) is 0 Å². The molecule has 1 N–H and O–H groups in total. The van der Waals surface area contributed by atoms with Crippen molar-refractivity contribution < 1.29 is 23.6 Å². The minimum absolute atomic E-state index is 0.0317. The Bertz CT molecular complexity index is 1130. The molecule has 1 aromatic carbocycles. The second-order valence-electron chi connectivity index (χ2n) is 7.96. The predicted molar refractivity (Wildman–Crippen MR) is 112 cm³/mol. The highest BCUT2D eigenvalue weighted by molar-refractivity contribution is 6.23. The number of hydrogen-bond acceptors (Lipinski definition) is 7. The molecule has 0 bridgehead atoms. The van der Waals surface area contributed by atoms with Crippen LogP contribution in [0, 0.1) is 5.82 Å². The smallest absolute Gasteiger partial charge is 0.262 e. The molecule has 32 heavy (non-hydrogen) atoms. The van der Waals surface area contributed by atoms with Crippen molar-refractivity contribution in [2.45, 2.75) is 18.9 Å². The summed E-state index contributed by atoms with van der Waals surface area (Å²) in [5, 5.41) is 2.15. The van der Waals surface area contributed by atoms with Crippen molar-refractivity contribution in [2.24, 2.45) is 0 Å². The maximum absolute atomic E-state index is 15.0. The van der Waals surface area contributed by atoms with Crippen LogP contribution in [0.2, 0.25) is 0 Å². The van der Waals surface area contributed by atoms with Gasteiger partial charge in [0.05, 0.1) is 16.8 Å². The van der Waals surface area contributed by atoms with E-state index in [4.69, 9.17) is 0 Å². The van der Waals surface area contributed by atoms with Crippen molar-refractivity contribution in [3.8, 4) is 0 Å². The Morgan fingerprint density at radius 1 is 0.938 bits per heavy atom. The highest BCUT2D eigenvalue weighted by Crippen LogP contribution is 2.33. The van der Waals surface area contributed by atoms with Crippen molar-refractivity contribution in [3.05, 3.63) is 53.5 Å². The van der Waals surface area contributed by atoms with Gasteiger partial charge in [-0.15, -0.1) is 0 Å². The Labute approximate surface area is 182 Å². The number of nitrogens with zero attached hydrogens (tertiary/aromatic N) is 4. The van der Waals surface area contributed by atoms with Gasteiger partial charge in [0.15, 0.2) is 0 Å². The van der Waals surface area contributed by atoms with Crippen LogP contribution in [0.5, 0.6) is 0 Å². The van der Waals surface area contributed by atoms with Crippen molar-refractivity contribution >= 4 is 35.1 Å². The van der Waals surface area contributed by atoms with Crippen LogP contribution in [0.1, 0.15) is 33.6 Å². The fourth-order valence-corrected chi connectivity index (χ4v) is 4.44. The van der Waals surface area contributed by atoms with E-state index in [1.165, 1.54) is 6.07 Å². The first-order valence-corrected chi connectivity index (χ1v) is 10.4. The Hall–Kier alpha value is -3.82. The molecule has 1 aromatic heterocycles. The topological polar surface area (TPSA) is 103 Å². The third-order valence-electron chi connectivity index (χ3n) is 6.10. The molecule has 164 valence electrons. The van der Waals surface area contributed by atoms with Crippen LogP contribution in [-0.2, 0) is 9.59 Å². The van der Waals surface area contributed by atoms with Crippen LogP contribution in [0.3, 0.4) is 0 Å². The van der Waals surface area contributed by atoms with E-state index >= 15 is 0 Å². The molecular weight excluding hydrogens is 417 g/mol. The highest BCUT2D eigenvalue weighted by Gasteiger charge is 2.45. The number of carbonyl (C=O) groups is 4. The van der Waals surface area contributed by atoms with E-state index < -0.39 is 35.5 Å². The Kier molecular flexibility index (Phi) is 4.84. The monoisotopic (exact) mass is 437 g/mol. The van der Waals surface area contributed by atoms with Gasteiger partial charge >= 0.3 is 0 Å². The summed E-state index contributed by atoms with van der Waals surface area (Å²) in [5.74, 6) is -2.25. The van der Waals surface area contributed by atoms with E-state index in [2.05, 4.69) is 15.2 Å². The lowest BCUT2D eigenvalue weighted by Gasteiger charge is -2.36. The van der Waals surface area contributed by atoms with Gasteiger partial charge < -0.3 is 9.80 Å². The fourth-order valence-electron chi connectivity index (χ4n) is 4.44. The number of benzene rings is 1. The van der Waals surface area contributed by atoms with Gasteiger partial charge in [0.1, 0.15) is 17.7 Å². The number of aromatic nitrogens is 1. The molecular formula is C22H20FN5O4. The van der Waals surface area contributed by atoms with Gasteiger partial charge in [-0.05, 0) is 30.7 Å². The van der Waals surface area contributed by atoms with E-state index in [9.17, 15) is 23.6 Å². The quantitative estimate of drug-likeness (QED) is 0.713. The summed E-state index contributed by atoms with van der Waals surface area (Å²) in [6.45, 7) is 2.29. The van der Waals surface area contributed by atoms with E-state index in [1.54, 1.807) is 6.20 Å². The number of pyridine rings is 1. The molecule has 4 heterocycles. The molecule has 0 spiro atoms. The zero-order valence-corrected chi connectivity index (χ0v) is 17.1. The molecule has 0 radical (unpaired) electrons. The zero-order valence-electron chi connectivity index (χ0n) is 17.1. The number of piperidine rings is 1. The van der Waals surface area contributed by atoms with Crippen LogP contribution in [0.25, 0.3) is 0 Å². The molecule has 1 atom stereocenters. The lowest BCUT2D eigenvalue weighted by atomic mass is 10.0. The Morgan fingerprint density at radius 3 is 2.28 bits per heavy atom. The number of anilines is 2. The van der Waals surface area contributed by atoms with Crippen molar-refractivity contribution in [1.29, 1.82) is 0 Å². The average Bonchev–Trinajstić information content (AvgIpc) is 3.03. The standard InChI is InChI=1S/C22H20FN5O4/c23-15-11-13-14(22(32)28(21(13)31)16-4-5-19(29)25-20(16)30)12-17(15)26-7-9-27(10-8-26)18-3-1-2-6-24-18/h1-3,6,11-12,16H,4-5,7-10H2,(H,25,29,30). The highest BCUT2D eigenvalue weighted by atomic mass is 19.1. The van der Waals surface area contributed by atoms with Crippen LogP contribution in [0.4, 0.5) is 15.9 Å². The first kappa shape index (κ1) is 20.1. The number of fused-ring (bicyclic) bond motifs is 1. The molecule has 0 saturated carbocycles. The number of amides is 4. The molecule has 1 unspecified atom stereocenters. The SMILES string of the molecule is O=C1CCC(N2C(=O)c3cc(F)c(N4CCN(c5ccccn5)CC4)cc3C2=O)C(=O)N1. The molecule has 10 heteroatoms. The van der Waals surface area contributed by atoms with E-state index in [0.717, 1.165) is 16.8 Å². The van der Waals surface area contributed by atoms with Crippen LogP contribution < -0.4 is 15.1 Å². The molecule has 5 rings (SSSR count). The van der Waals surface area contributed by atoms with Crippen LogP contribution in [0.15, 0.2) is 36.5 Å². The third-order valence-corrected chi connectivity index (χ3v) is 6.10. The second kappa shape index (κ2) is 7.70. The fraction of sp³-hybridized carbons (Fsp3) is 0.318. The molecule has 2 saturated heterocycles. The molecule has 4 amide bonds. The summed E-state index contributed by atoms with van der Waals surface area (Å²) >= 11 is 0. The number of hydrogen-bond donors (Lipinski definition) is 1. The summed E-state index contributed by atoms with van der Waals surface area (Å²) in [7, 11) is 0. The average molecular weight is 437 g/mol. The first-order chi connectivity index (χ1) is 15.4. The summed E-state index contributed by atoms with van der Waals surface area (Å²) in [5.41, 5.74) is 0.257. The van der Waals surface area contributed by atoms with Crippen LogP contribution >= 0.6 is 0 Å². The second-order valence-corrected chi connectivity index (χ2v) is 7.96. The van der Waals surface area contributed by atoms with Crippen LogP contribution in [-0.4, -0.2) is 65.7 Å². The normalized spacial score (nSPS) is 21.2. The van der Waals surface area contributed by atoms with Gasteiger partial charge in [0, 0.05) is 38.8 Å². The van der Waals surface area contributed by atoms with E-state index in [1.807, 2.05) is 23.1 Å². The molecule has 3 aliphatic heterocycles. The number of imide groups is 2. The van der Waals surface area contributed by atoms with Gasteiger partial charge in [-0.25, -0.2) is 9.37 Å². The number of carbonyl (C=O) groups excluding carboxylic acids is 4. The summed E-state index contributed by atoms with van der Waals surface area (Å²) in [4.78, 5) is 58.5. The van der Waals surface area contributed by atoms with Gasteiger partial charge in [-0.1, -0.05) is 6.07 Å². The lowest BCUT2D eigenvalue weighted by Crippen LogP contribution is -2.54. The molecule has 0 aliphatic carbocycles. The first-order valence-electron chi connectivity index (χ1n) is 10.4. The number of rotatable bonds is 3. The number of nitrogens with one attached hydrogen (secondary N) is 1. The summed E-state index contributed by atoms with van der Waals surface area (Å²) in [6, 6.07) is 7.06. The largest absolute Gasteiger partial charge is 0.366 e. The molecule has 2 fully saturated rings. The predicted octanol–water partition coefficient (Wildman–Crippen LogP) is 0.948. The van der Waals surface area contributed by atoms with Gasteiger partial charge in [0.25, 0.3) is 11.8 Å². The van der Waals surface area contributed by atoms with Gasteiger partial charge in [-0.3, -0.25) is 29.4 Å². The van der Waals surface area contributed by atoms with Crippen molar-refractivity contribution in [3.63, 3.8) is 0 Å². The lowest BCUT2D eigenvalue weighted by molar-refractivity contribution is -0.136. The molecule has 2 aromatic rings. The maximum Gasteiger partial charge on any atom is 0.262 e. The number of halogens is 1. The van der Waals surface area contributed by atoms with Gasteiger partial charge in [0.2, 0.25) is 11.8 Å². The molecule has 3 aliphatic rings.